The van der Waals surface area contributed by atoms with Crippen molar-refractivity contribution in [2.45, 2.75) is 18.4 Å². The SMILES string of the molecule is O=C(O)CC1(NCC2CCOC2)CNC1. The molecule has 2 fully saturated rings. The molecular formula is C10H18N2O3. The Labute approximate surface area is 89.2 Å². The fourth-order valence-electron chi connectivity index (χ4n) is 2.13. The molecule has 0 aromatic rings. The van der Waals surface area contributed by atoms with Crippen molar-refractivity contribution < 1.29 is 14.6 Å². The first-order chi connectivity index (χ1) is 7.20. The third-order valence-electron chi connectivity index (χ3n) is 3.21. The summed E-state index contributed by atoms with van der Waals surface area (Å²) < 4.78 is 5.28. The summed E-state index contributed by atoms with van der Waals surface area (Å²) in [6.07, 6.45) is 1.29. The second-order valence-electron chi connectivity index (χ2n) is 4.56. The maximum absolute atomic E-state index is 10.7. The van der Waals surface area contributed by atoms with E-state index in [-0.39, 0.29) is 12.0 Å². The van der Waals surface area contributed by atoms with Crippen molar-refractivity contribution in [1.29, 1.82) is 0 Å². The van der Waals surface area contributed by atoms with Crippen molar-refractivity contribution >= 4 is 5.97 Å². The summed E-state index contributed by atoms with van der Waals surface area (Å²) in [6.45, 7) is 4.04. The Morgan fingerprint density at radius 1 is 1.60 bits per heavy atom. The quantitative estimate of drug-likeness (QED) is 0.571. The van der Waals surface area contributed by atoms with E-state index in [4.69, 9.17) is 9.84 Å². The normalized spacial score (nSPS) is 28.7. The molecule has 0 spiro atoms. The molecule has 15 heavy (non-hydrogen) atoms. The molecule has 0 radical (unpaired) electrons. The molecule has 0 saturated carbocycles. The van der Waals surface area contributed by atoms with Gasteiger partial charge in [-0.1, -0.05) is 0 Å². The van der Waals surface area contributed by atoms with E-state index in [9.17, 15) is 4.79 Å². The van der Waals surface area contributed by atoms with E-state index in [1.165, 1.54) is 0 Å². The number of carbonyl (C=O) groups is 1. The molecule has 3 N–H and O–H groups in total. The van der Waals surface area contributed by atoms with E-state index in [1.807, 2.05) is 0 Å². The third-order valence-corrected chi connectivity index (χ3v) is 3.21. The van der Waals surface area contributed by atoms with Crippen LogP contribution in [0.5, 0.6) is 0 Å². The largest absolute Gasteiger partial charge is 0.481 e. The minimum Gasteiger partial charge on any atom is -0.481 e. The van der Waals surface area contributed by atoms with Gasteiger partial charge >= 0.3 is 5.97 Å². The van der Waals surface area contributed by atoms with Crippen LogP contribution in [-0.4, -0.2) is 49.5 Å². The summed E-state index contributed by atoms with van der Waals surface area (Å²) >= 11 is 0. The summed E-state index contributed by atoms with van der Waals surface area (Å²) in [5.41, 5.74) is -0.214. The Kier molecular flexibility index (Phi) is 3.23. The Morgan fingerprint density at radius 2 is 2.40 bits per heavy atom. The minimum absolute atomic E-state index is 0.202. The molecule has 0 aromatic heterocycles. The first-order valence-electron chi connectivity index (χ1n) is 5.45. The molecule has 2 heterocycles. The lowest BCUT2D eigenvalue weighted by Gasteiger charge is -2.43. The zero-order valence-electron chi connectivity index (χ0n) is 8.79. The van der Waals surface area contributed by atoms with Gasteiger partial charge in [-0.2, -0.15) is 0 Å². The second-order valence-corrected chi connectivity index (χ2v) is 4.56. The Balaban J connectivity index is 1.77. The maximum Gasteiger partial charge on any atom is 0.305 e. The van der Waals surface area contributed by atoms with E-state index in [0.717, 1.165) is 39.3 Å². The van der Waals surface area contributed by atoms with Crippen LogP contribution in [-0.2, 0) is 9.53 Å². The summed E-state index contributed by atoms with van der Waals surface area (Å²) in [6, 6.07) is 0. The number of carboxylic acids is 1. The second kappa shape index (κ2) is 4.47. The van der Waals surface area contributed by atoms with Gasteiger partial charge in [-0.15, -0.1) is 0 Å². The molecular weight excluding hydrogens is 196 g/mol. The number of nitrogens with one attached hydrogen (secondary N) is 2. The van der Waals surface area contributed by atoms with Crippen LogP contribution < -0.4 is 10.6 Å². The van der Waals surface area contributed by atoms with Gasteiger partial charge in [0.2, 0.25) is 0 Å². The van der Waals surface area contributed by atoms with Crippen molar-refractivity contribution in [2.24, 2.45) is 5.92 Å². The van der Waals surface area contributed by atoms with Gasteiger partial charge in [-0.3, -0.25) is 4.79 Å². The average Bonchev–Trinajstić information content (AvgIpc) is 2.61. The number of rotatable bonds is 5. The lowest BCUT2D eigenvalue weighted by atomic mass is 9.88. The predicted molar refractivity (Wildman–Crippen MR) is 54.8 cm³/mol. The standard InChI is InChI=1S/C10H18N2O3/c13-9(14)3-10(6-11-7-10)12-4-8-1-2-15-5-8/h8,11-12H,1-7H2,(H,13,14). The van der Waals surface area contributed by atoms with Crippen molar-refractivity contribution in [2.75, 3.05) is 32.8 Å². The number of hydrogen-bond donors (Lipinski definition) is 3. The third kappa shape index (κ3) is 2.68. The number of ether oxygens (including phenoxy) is 1. The first-order valence-corrected chi connectivity index (χ1v) is 5.45. The van der Waals surface area contributed by atoms with Crippen LogP contribution in [0.25, 0.3) is 0 Å². The van der Waals surface area contributed by atoms with E-state index in [1.54, 1.807) is 0 Å². The molecule has 5 heteroatoms. The molecule has 0 aromatic carbocycles. The van der Waals surface area contributed by atoms with Crippen molar-refractivity contribution in [3.63, 3.8) is 0 Å². The van der Waals surface area contributed by atoms with Gasteiger partial charge in [-0.25, -0.2) is 0 Å². The number of hydrogen-bond acceptors (Lipinski definition) is 4. The van der Waals surface area contributed by atoms with Gasteiger partial charge in [0.25, 0.3) is 0 Å². The monoisotopic (exact) mass is 214 g/mol. The van der Waals surface area contributed by atoms with Crippen LogP contribution in [0.3, 0.4) is 0 Å². The Bertz CT molecular complexity index is 235. The van der Waals surface area contributed by atoms with Gasteiger partial charge in [0.15, 0.2) is 0 Å². The highest BCUT2D eigenvalue weighted by Crippen LogP contribution is 2.18. The molecule has 1 atom stereocenters. The molecule has 2 aliphatic rings. The van der Waals surface area contributed by atoms with Crippen LogP contribution in [0.2, 0.25) is 0 Å². The summed E-state index contributed by atoms with van der Waals surface area (Å²) in [5, 5.41) is 15.3. The zero-order chi connectivity index (χ0) is 10.7. The molecule has 5 nitrogen and oxygen atoms in total. The maximum atomic E-state index is 10.7. The molecule has 2 rings (SSSR count). The molecule has 2 saturated heterocycles. The molecule has 2 aliphatic heterocycles. The lowest BCUT2D eigenvalue weighted by molar-refractivity contribution is -0.139. The van der Waals surface area contributed by atoms with Crippen molar-refractivity contribution in [3.8, 4) is 0 Å². The minimum atomic E-state index is -0.730. The van der Waals surface area contributed by atoms with E-state index >= 15 is 0 Å². The molecule has 0 bridgehead atoms. The average molecular weight is 214 g/mol. The van der Waals surface area contributed by atoms with Crippen LogP contribution in [0, 0.1) is 5.92 Å². The van der Waals surface area contributed by atoms with Gasteiger partial charge < -0.3 is 20.5 Å². The van der Waals surface area contributed by atoms with E-state index in [0.29, 0.717) is 5.92 Å². The zero-order valence-corrected chi connectivity index (χ0v) is 8.79. The Hall–Kier alpha value is -0.650. The highest BCUT2D eigenvalue weighted by atomic mass is 16.5. The van der Waals surface area contributed by atoms with Gasteiger partial charge in [0.1, 0.15) is 0 Å². The van der Waals surface area contributed by atoms with Crippen LogP contribution in [0.1, 0.15) is 12.8 Å². The summed E-state index contributed by atoms with van der Waals surface area (Å²) in [5.74, 6) is -0.178. The highest BCUT2D eigenvalue weighted by molar-refractivity contribution is 5.68. The molecule has 0 amide bonds. The summed E-state index contributed by atoms with van der Waals surface area (Å²) in [4.78, 5) is 10.7. The van der Waals surface area contributed by atoms with Crippen molar-refractivity contribution in [3.05, 3.63) is 0 Å². The topological polar surface area (TPSA) is 70.6 Å². The molecule has 0 aliphatic carbocycles. The van der Waals surface area contributed by atoms with Gasteiger partial charge in [0.05, 0.1) is 18.6 Å². The summed E-state index contributed by atoms with van der Waals surface area (Å²) in [7, 11) is 0. The molecule has 86 valence electrons. The van der Waals surface area contributed by atoms with Gasteiger partial charge in [-0.05, 0) is 12.3 Å². The highest BCUT2D eigenvalue weighted by Gasteiger charge is 2.39. The number of aliphatic carboxylic acids is 1. The van der Waals surface area contributed by atoms with Crippen molar-refractivity contribution in [1.82, 2.24) is 10.6 Å². The van der Waals surface area contributed by atoms with E-state index in [2.05, 4.69) is 10.6 Å². The first kappa shape index (κ1) is 10.9. The lowest BCUT2D eigenvalue weighted by Crippen LogP contribution is -2.69. The predicted octanol–water partition coefficient (Wildman–Crippen LogP) is -0.571. The smallest absolute Gasteiger partial charge is 0.305 e. The van der Waals surface area contributed by atoms with Crippen LogP contribution >= 0.6 is 0 Å². The Morgan fingerprint density at radius 3 is 2.87 bits per heavy atom. The van der Waals surface area contributed by atoms with Crippen LogP contribution in [0.15, 0.2) is 0 Å². The van der Waals surface area contributed by atoms with Crippen LogP contribution in [0.4, 0.5) is 0 Å². The van der Waals surface area contributed by atoms with Gasteiger partial charge in [0, 0.05) is 26.2 Å². The van der Waals surface area contributed by atoms with E-state index < -0.39 is 5.97 Å². The fraction of sp³-hybridized carbons (Fsp3) is 0.900. The fourth-order valence-corrected chi connectivity index (χ4v) is 2.13. The number of carboxylic acid groups (broad SMARTS) is 1. The molecule has 1 unspecified atom stereocenters.